The van der Waals surface area contributed by atoms with Gasteiger partial charge in [-0.25, -0.2) is 12.8 Å². The normalized spacial score (nSPS) is 13.8. The van der Waals surface area contributed by atoms with E-state index in [0.29, 0.717) is 22.6 Å². The van der Waals surface area contributed by atoms with Gasteiger partial charge in [-0.1, -0.05) is 0 Å². The number of ether oxygens (including phenoxy) is 1. The van der Waals surface area contributed by atoms with Crippen LogP contribution in [0.3, 0.4) is 0 Å². The summed E-state index contributed by atoms with van der Waals surface area (Å²) < 4.78 is 45.7. The summed E-state index contributed by atoms with van der Waals surface area (Å²) in [6.07, 6.45) is 2.18. The van der Waals surface area contributed by atoms with Gasteiger partial charge >= 0.3 is 0 Å². The molecule has 1 aliphatic rings. The minimum absolute atomic E-state index is 0.0507. The number of anilines is 2. The fourth-order valence-corrected chi connectivity index (χ4v) is 3.61. The third-order valence-corrected chi connectivity index (χ3v) is 5.34. The van der Waals surface area contributed by atoms with Gasteiger partial charge in [0, 0.05) is 11.7 Å². The molecule has 0 unspecified atom stereocenters. The number of hydrogen-bond donors (Lipinski definition) is 3. The Morgan fingerprint density at radius 3 is 2.50 bits per heavy atom. The maximum Gasteiger partial charge on any atom is 0.262 e. The second-order valence-electron chi connectivity index (χ2n) is 5.85. The van der Waals surface area contributed by atoms with Crippen molar-refractivity contribution >= 4 is 38.7 Å². The van der Waals surface area contributed by atoms with Crippen molar-refractivity contribution in [3.63, 3.8) is 0 Å². The lowest BCUT2D eigenvalue weighted by Gasteiger charge is -2.15. The molecule has 3 N–H and O–H groups in total. The SMILES string of the molecule is COc1ccc(NC(=S)NC2CC2)cc1NS(=O)(=O)c1ccc(F)cc1. The maximum atomic E-state index is 13.0. The Kier molecular flexibility index (Phi) is 5.28. The van der Waals surface area contributed by atoms with Crippen molar-refractivity contribution in [2.24, 2.45) is 0 Å². The van der Waals surface area contributed by atoms with Gasteiger partial charge in [-0.3, -0.25) is 4.72 Å². The summed E-state index contributed by atoms with van der Waals surface area (Å²) >= 11 is 5.23. The third kappa shape index (κ3) is 4.61. The van der Waals surface area contributed by atoms with E-state index in [1.165, 1.54) is 19.2 Å². The highest BCUT2D eigenvalue weighted by atomic mass is 32.2. The van der Waals surface area contributed by atoms with Crippen LogP contribution < -0.4 is 20.1 Å². The van der Waals surface area contributed by atoms with Crippen LogP contribution in [-0.2, 0) is 10.0 Å². The number of nitrogens with one attached hydrogen (secondary N) is 3. The van der Waals surface area contributed by atoms with Crippen LogP contribution in [0.25, 0.3) is 0 Å². The van der Waals surface area contributed by atoms with Crippen molar-refractivity contribution in [2.75, 3.05) is 17.1 Å². The molecule has 1 fully saturated rings. The highest BCUT2D eigenvalue weighted by Crippen LogP contribution is 2.30. The molecule has 0 aliphatic heterocycles. The molecule has 2 aromatic rings. The summed E-state index contributed by atoms with van der Waals surface area (Å²) in [7, 11) is -2.45. The molecule has 0 heterocycles. The van der Waals surface area contributed by atoms with Gasteiger partial charge in [-0.05, 0) is 67.5 Å². The van der Waals surface area contributed by atoms with Crippen LogP contribution in [0.1, 0.15) is 12.8 Å². The third-order valence-electron chi connectivity index (χ3n) is 3.74. The van der Waals surface area contributed by atoms with Gasteiger partial charge in [-0.15, -0.1) is 0 Å². The first-order valence-electron chi connectivity index (χ1n) is 7.91. The number of methoxy groups -OCH3 is 1. The van der Waals surface area contributed by atoms with E-state index in [1.807, 2.05) is 0 Å². The monoisotopic (exact) mass is 395 g/mol. The smallest absolute Gasteiger partial charge is 0.262 e. The van der Waals surface area contributed by atoms with Gasteiger partial charge in [0.05, 0.1) is 17.7 Å². The van der Waals surface area contributed by atoms with Crippen LogP contribution in [-0.4, -0.2) is 26.7 Å². The number of benzene rings is 2. The molecule has 0 saturated heterocycles. The Hall–Kier alpha value is -2.39. The molecule has 0 spiro atoms. The molecule has 0 aromatic heterocycles. The zero-order chi connectivity index (χ0) is 18.7. The molecular weight excluding hydrogens is 377 g/mol. The molecule has 0 amide bonds. The average Bonchev–Trinajstić information content (AvgIpc) is 3.39. The lowest BCUT2D eigenvalue weighted by atomic mass is 10.2. The Morgan fingerprint density at radius 2 is 1.88 bits per heavy atom. The Morgan fingerprint density at radius 1 is 1.19 bits per heavy atom. The second kappa shape index (κ2) is 7.46. The van der Waals surface area contributed by atoms with Gasteiger partial charge < -0.3 is 15.4 Å². The fraction of sp³-hybridized carbons (Fsp3) is 0.235. The van der Waals surface area contributed by atoms with Gasteiger partial charge in [0.2, 0.25) is 0 Å². The number of halogens is 1. The van der Waals surface area contributed by atoms with Gasteiger partial charge in [-0.2, -0.15) is 0 Å². The number of rotatable bonds is 6. The Bertz CT molecular complexity index is 913. The molecule has 9 heteroatoms. The van der Waals surface area contributed by atoms with E-state index in [0.717, 1.165) is 25.0 Å². The van der Waals surface area contributed by atoms with Crippen molar-refractivity contribution < 1.29 is 17.5 Å². The quantitative estimate of drug-likeness (QED) is 0.653. The summed E-state index contributed by atoms with van der Waals surface area (Å²) in [6.45, 7) is 0. The second-order valence-corrected chi connectivity index (χ2v) is 7.94. The van der Waals surface area contributed by atoms with Crippen LogP contribution in [0.2, 0.25) is 0 Å². The molecule has 0 bridgehead atoms. The lowest BCUT2D eigenvalue weighted by molar-refractivity contribution is 0.417. The van der Waals surface area contributed by atoms with E-state index < -0.39 is 15.8 Å². The molecule has 0 atom stereocenters. The van der Waals surface area contributed by atoms with E-state index in [-0.39, 0.29) is 10.6 Å². The lowest BCUT2D eigenvalue weighted by Crippen LogP contribution is -2.30. The Labute approximate surface area is 156 Å². The summed E-state index contributed by atoms with van der Waals surface area (Å²) in [5, 5.41) is 6.64. The van der Waals surface area contributed by atoms with Gasteiger partial charge in [0.25, 0.3) is 10.0 Å². The minimum atomic E-state index is -3.89. The number of hydrogen-bond acceptors (Lipinski definition) is 4. The molecule has 1 saturated carbocycles. The molecule has 26 heavy (non-hydrogen) atoms. The van der Waals surface area contributed by atoms with Crippen molar-refractivity contribution in [1.82, 2.24) is 5.32 Å². The van der Waals surface area contributed by atoms with Crippen molar-refractivity contribution in [3.05, 3.63) is 48.3 Å². The van der Waals surface area contributed by atoms with E-state index >= 15 is 0 Å². The van der Waals surface area contributed by atoms with E-state index in [9.17, 15) is 12.8 Å². The Balaban J connectivity index is 1.81. The van der Waals surface area contributed by atoms with E-state index in [4.69, 9.17) is 17.0 Å². The predicted octanol–water partition coefficient (Wildman–Crippen LogP) is 3.08. The van der Waals surface area contributed by atoms with Crippen molar-refractivity contribution in [3.8, 4) is 5.75 Å². The van der Waals surface area contributed by atoms with Gasteiger partial charge in [0.1, 0.15) is 11.6 Å². The van der Waals surface area contributed by atoms with Crippen LogP contribution in [0, 0.1) is 5.82 Å². The standard InChI is InChI=1S/C17H18FN3O3S2/c1-24-16-9-6-13(20-17(25)19-12-4-5-12)10-15(16)21-26(22,23)14-7-2-11(18)3-8-14/h2-3,6-10,12,21H,4-5H2,1H3,(H2,19,20,25). The van der Waals surface area contributed by atoms with Crippen molar-refractivity contribution in [1.29, 1.82) is 0 Å². The first-order valence-corrected chi connectivity index (χ1v) is 9.80. The summed E-state index contributed by atoms with van der Waals surface area (Å²) in [6, 6.07) is 9.92. The minimum Gasteiger partial charge on any atom is -0.495 e. The van der Waals surface area contributed by atoms with Gasteiger partial charge in [0.15, 0.2) is 5.11 Å². The molecule has 0 radical (unpaired) electrons. The zero-order valence-corrected chi connectivity index (χ0v) is 15.6. The molecule has 138 valence electrons. The van der Waals surface area contributed by atoms with E-state index in [2.05, 4.69) is 15.4 Å². The highest BCUT2D eigenvalue weighted by Gasteiger charge is 2.22. The molecular formula is C17H18FN3O3S2. The largest absolute Gasteiger partial charge is 0.495 e. The first kappa shape index (κ1) is 18.4. The van der Waals surface area contributed by atoms with Crippen LogP contribution in [0.4, 0.5) is 15.8 Å². The maximum absolute atomic E-state index is 13.0. The topological polar surface area (TPSA) is 79.5 Å². The molecule has 3 rings (SSSR count). The molecule has 1 aliphatic carbocycles. The van der Waals surface area contributed by atoms with Crippen LogP contribution in [0.15, 0.2) is 47.4 Å². The summed E-state index contributed by atoms with van der Waals surface area (Å²) in [5.41, 5.74) is 0.858. The van der Waals surface area contributed by atoms with E-state index in [1.54, 1.807) is 18.2 Å². The molecule has 6 nitrogen and oxygen atoms in total. The summed E-state index contributed by atoms with van der Waals surface area (Å²) in [5.74, 6) is -0.160. The number of sulfonamides is 1. The number of thiocarbonyl (C=S) groups is 1. The van der Waals surface area contributed by atoms with Crippen molar-refractivity contribution in [2.45, 2.75) is 23.8 Å². The summed E-state index contributed by atoms with van der Waals surface area (Å²) in [4.78, 5) is -0.0507. The average molecular weight is 395 g/mol. The highest BCUT2D eigenvalue weighted by molar-refractivity contribution is 7.92. The molecule has 2 aromatic carbocycles. The van der Waals surface area contributed by atoms with Crippen LogP contribution >= 0.6 is 12.2 Å². The fourth-order valence-electron chi connectivity index (χ4n) is 2.26. The first-order chi connectivity index (χ1) is 12.4. The van der Waals surface area contributed by atoms with Crippen LogP contribution in [0.5, 0.6) is 5.75 Å². The zero-order valence-electron chi connectivity index (χ0n) is 14.0. The predicted molar refractivity (Wildman–Crippen MR) is 103 cm³/mol.